The molecule has 0 radical (unpaired) electrons. The van der Waals surface area contributed by atoms with E-state index in [2.05, 4.69) is 9.97 Å². The molecule has 202 valence electrons. The number of nitrogens with zero attached hydrogens (tertiary/aromatic N) is 2. The van der Waals surface area contributed by atoms with Crippen molar-refractivity contribution in [2.45, 2.75) is 51.1 Å². The second kappa shape index (κ2) is 10.7. The molecule has 2 aromatic carbocycles. The molecule has 1 aromatic heterocycles. The SMILES string of the molecule is CCOc1cc2c(cc1C(Oc1cc(-c3ccc(C[C@H](N)C(=O)O)cc3)nc(N)n1)C(F)(F)F)OC(C)C2. The lowest BCUT2D eigenvalue weighted by Gasteiger charge is -2.24. The number of aromatic nitrogens is 2. The number of aliphatic carboxylic acids is 1. The standard InChI is InChI=1S/C26H27F3N4O5/c1-3-36-21-10-16-8-13(2)37-20(16)11-17(21)23(26(27,28)29)38-22-12-19(32-25(31)33-22)15-6-4-14(5-7-15)9-18(30)24(34)35/h4-7,10-13,18,23H,3,8-9,30H2,1-2H3,(H,34,35)(H2,31,32,33)/t13?,18-,23?/m0/s1. The van der Waals surface area contributed by atoms with Gasteiger partial charge in [-0.1, -0.05) is 24.3 Å². The Bertz CT molecular complexity index is 1320. The van der Waals surface area contributed by atoms with Gasteiger partial charge in [-0.05, 0) is 38.0 Å². The van der Waals surface area contributed by atoms with Crippen LogP contribution in [0.5, 0.6) is 17.4 Å². The summed E-state index contributed by atoms with van der Waals surface area (Å²) in [6.07, 6.45) is -6.75. The largest absolute Gasteiger partial charge is 0.493 e. The quantitative estimate of drug-likeness (QED) is 0.371. The molecule has 4 rings (SSSR count). The number of anilines is 1. The number of carboxylic acids is 1. The number of rotatable bonds is 9. The molecule has 0 fully saturated rings. The minimum atomic E-state index is -4.82. The molecule has 3 aromatic rings. The molecule has 2 heterocycles. The Hall–Kier alpha value is -4.06. The highest BCUT2D eigenvalue weighted by molar-refractivity contribution is 5.73. The van der Waals surface area contributed by atoms with E-state index in [4.69, 9.17) is 30.8 Å². The fourth-order valence-corrected chi connectivity index (χ4v) is 4.17. The molecule has 1 aliphatic heterocycles. The number of fused-ring (bicyclic) bond motifs is 1. The number of hydrogen-bond acceptors (Lipinski definition) is 8. The van der Waals surface area contributed by atoms with Crippen LogP contribution in [0.3, 0.4) is 0 Å². The molecule has 0 spiro atoms. The zero-order valence-electron chi connectivity index (χ0n) is 20.7. The van der Waals surface area contributed by atoms with Crippen LogP contribution in [0.25, 0.3) is 11.3 Å². The Morgan fingerprint density at radius 1 is 1.21 bits per heavy atom. The Morgan fingerprint density at radius 3 is 2.55 bits per heavy atom. The molecule has 1 aliphatic rings. The van der Waals surface area contributed by atoms with Crippen LogP contribution < -0.4 is 25.7 Å². The van der Waals surface area contributed by atoms with E-state index in [1.54, 1.807) is 37.3 Å². The zero-order chi connectivity index (χ0) is 27.6. The number of alkyl halides is 3. The predicted molar refractivity (Wildman–Crippen MR) is 132 cm³/mol. The Balaban J connectivity index is 1.66. The molecule has 0 amide bonds. The number of halogens is 3. The maximum Gasteiger partial charge on any atom is 0.429 e. The molecule has 3 atom stereocenters. The summed E-state index contributed by atoms with van der Waals surface area (Å²) in [4.78, 5) is 19.0. The van der Waals surface area contributed by atoms with E-state index in [0.29, 0.717) is 23.3 Å². The molecule has 0 bridgehead atoms. The first kappa shape index (κ1) is 27.0. The maximum atomic E-state index is 14.3. The number of carbonyl (C=O) groups is 1. The minimum Gasteiger partial charge on any atom is -0.493 e. The van der Waals surface area contributed by atoms with Gasteiger partial charge in [-0.2, -0.15) is 18.2 Å². The van der Waals surface area contributed by atoms with Gasteiger partial charge >= 0.3 is 12.1 Å². The number of carboxylic acid groups (broad SMARTS) is 1. The van der Waals surface area contributed by atoms with E-state index in [9.17, 15) is 18.0 Å². The molecule has 0 aliphatic carbocycles. The first-order chi connectivity index (χ1) is 17.9. The van der Waals surface area contributed by atoms with Crippen molar-refractivity contribution < 1.29 is 37.3 Å². The van der Waals surface area contributed by atoms with Gasteiger partial charge in [0.15, 0.2) is 0 Å². The summed E-state index contributed by atoms with van der Waals surface area (Å²) in [7, 11) is 0. The van der Waals surface area contributed by atoms with Crippen LogP contribution >= 0.6 is 0 Å². The van der Waals surface area contributed by atoms with Gasteiger partial charge in [-0.25, -0.2) is 4.98 Å². The van der Waals surface area contributed by atoms with Crippen molar-refractivity contribution in [2.75, 3.05) is 12.3 Å². The van der Waals surface area contributed by atoms with Crippen molar-refractivity contribution in [3.05, 3.63) is 59.2 Å². The van der Waals surface area contributed by atoms with Crippen molar-refractivity contribution in [1.82, 2.24) is 9.97 Å². The van der Waals surface area contributed by atoms with Crippen LogP contribution in [-0.4, -0.2) is 46.0 Å². The first-order valence-corrected chi connectivity index (χ1v) is 11.9. The van der Waals surface area contributed by atoms with Crippen LogP contribution in [0.15, 0.2) is 42.5 Å². The molecule has 5 N–H and O–H groups in total. The number of benzene rings is 2. The van der Waals surface area contributed by atoms with E-state index in [-0.39, 0.29) is 48.0 Å². The second-order valence-electron chi connectivity index (χ2n) is 8.90. The third-order valence-electron chi connectivity index (χ3n) is 5.89. The number of ether oxygens (including phenoxy) is 3. The van der Waals surface area contributed by atoms with Crippen LogP contribution in [0.2, 0.25) is 0 Å². The molecular weight excluding hydrogens is 505 g/mol. The molecule has 38 heavy (non-hydrogen) atoms. The van der Waals surface area contributed by atoms with E-state index in [1.807, 2.05) is 6.92 Å². The fourth-order valence-electron chi connectivity index (χ4n) is 4.17. The van der Waals surface area contributed by atoms with Crippen molar-refractivity contribution in [2.24, 2.45) is 5.73 Å². The van der Waals surface area contributed by atoms with Crippen LogP contribution in [0.4, 0.5) is 19.1 Å². The second-order valence-corrected chi connectivity index (χ2v) is 8.90. The van der Waals surface area contributed by atoms with Gasteiger partial charge in [0.1, 0.15) is 23.6 Å². The Labute approximate surface area is 216 Å². The average Bonchev–Trinajstić information content (AvgIpc) is 3.20. The predicted octanol–water partition coefficient (Wildman–Crippen LogP) is 4.08. The zero-order valence-corrected chi connectivity index (χ0v) is 20.7. The lowest BCUT2D eigenvalue weighted by molar-refractivity contribution is -0.199. The van der Waals surface area contributed by atoms with Crippen molar-refractivity contribution in [3.63, 3.8) is 0 Å². The summed E-state index contributed by atoms with van der Waals surface area (Å²) < 4.78 is 59.6. The minimum absolute atomic E-state index is 0.0451. The van der Waals surface area contributed by atoms with Crippen LogP contribution in [0, 0.1) is 0 Å². The van der Waals surface area contributed by atoms with E-state index in [0.717, 1.165) is 5.56 Å². The number of hydrogen-bond donors (Lipinski definition) is 3. The maximum absolute atomic E-state index is 14.3. The van der Waals surface area contributed by atoms with Gasteiger partial charge in [0.05, 0.1) is 12.3 Å². The van der Waals surface area contributed by atoms with E-state index < -0.39 is 24.3 Å². The van der Waals surface area contributed by atoms with E-state index in [1.165, 1.54) is 12.1 Å². The molecular formula is C26H27F3N4O5. The summed E-state index contributed by atoms with van der Waals surface area (Å²) in [5.41, 5.74) is 13.3. The van der Waals surface area contributed by atoms with Gasteiger partial charge in [0.2, 0.25) is 17.9 Å². The number of nitrogen functional groups attached to an aromatic ring is 1. The summed E-state index contributed by atoms with van der Waals surface area (Å²) in [6.45, 7) is 3.67. The Kier molecular flexibility index (Phi) is 7.63. The molecule has 2 unspecified atom stereocenters. The van der Waals surface area contributed by atoms with Gasteiger partial charge in [0.25, 0.3) is 0 Å². The third kappa shape index (κ3) is 6.08. The van der Waals surface area contributed by atoms with Crippen LogP contribution in [0.1, 0.15) is 36.6 Å². The van der Waals surface area contributed by atoms with E-state index >= 15 is 0 Å². The van der Waals surface area contributed by atoms with Crippen molar-refractivity contribution in [1.29, 1.82) is 0 Å². The Morgan fingerprint density at radius 2 is 1.92 bits per heavy atom. The smallest absolute Gasteiger partial charge is 0.429 e. The van der Waals surface area contributed by atoms with Gasteiger partial charge < -0.3 is 30.8 Å². The van der Waals surface area contributed by atoms with Gasteiger partial charge in [-0.3, -0.25) is 4.79 Å². The average molecular weight is 533 g/mol. The summed E-state index contributed by atoms with van der Waals surface area (Å²) in [5, 5.41) is 8.99. The normalized spacial score (nSPS) is 16.3. The van der Waals surface area contributed by atoms with Crippen LogP contribution in [-0.2, 0) is 17.6 Å². The van der Waals surface area contributed by atoms with Crippen molar-refractivity contribution >= 4 is 11.9 Å². The topological polar surface area (TPSA) is 143 Å². The van der Waals surface area contributed by atoms with Gasteiger partial charge in [-0.15, -0.1) is 0 Å². The lowest BCUT2D eigenvalue weighted by Crippen LogP contribution is -2.32. The fraction of sp³-hybridized carbons (Fsp3) is 0.346. The summed E-state index contributed by atoms with van der Waals surface area (Å²) in [5.74, 6) is -1.41. The first-order valence-electron chi connectivity index (χ1n) is 11.9. The molecule has 0 saturated carbocycles. The third-order valence-corrected chi connectivity index (χ3v) is 5.89. The summed E-state index contributed by atoms with van der Waals surface area (Å²) in [6, 6.07) is 9.59. The number of nitrogens with two attached hydrogens (primary N) is 2. The highest BCUT2D eigenvalue weighted by Crippen LogP contribution is 2.45. The van der Waals surface area contributed by atoms with Crippen molar-refractivity contribution in [3.8, 4) is 28.6 Å². The molecule has 9 nitrogen and oxygen atoms in total. The van der Waals surface area contributed by atoms with Gasteiger partial charge in [0, 0.05) is 29.2 Å². The monoisotopic (exact) mass is 532 g/mol. The lowest BCUT2D eigenvalue weighted by atomic mass is 10.0. The highest BCUT2D eigenvalue weighted by atomic mass is 19.4. The summed E-state index contributed by atoms with van der Waals surface area (Å²) >= 11 is 0. The molecule has 0 saturated heterocycles. The molecule has 12 heteroatoms. The highest BCUT2D eigenvalue weighted by Gasteiger charge is 2.46.